The Hall–Kier alpha value is -1.17. The summed E-state index contributed by atoms with van der Waals surface area (Å²) in [7, 11) is 3.34. The molecular formula is C11H11Cl3N4O. The van der Waals surface area contributed by atoms with E-state index in [4.69, 9.17) is 34.8 Å². The molecule has 1 N–H and O–H groups in total. The molecular weight excluding hydrogens is 311 g/mol. The first-order valence-electron chi connectivity index (χ1n) is 5.37. The first-order chi connectivity index (χ1) is 8.91. The number of anilines is 1. The van der Waals surface area contributed by atoms with Crippen LogP contribution in [0.25, 0.3) is 0 Å². The standard InChI is InChI=1S/C11H11Cl3N4O/c1-17-6(3-7(12)10(17)14)4-15-8-5-16-18(2)11(19)9(8)13/h3,5,15H,4H2,1-2H3. The Balaban J connectivity index is 2.22. The van der Waals surface area contributed by atoms with Crippen molar-refractivity contribution in [1.82, 2.24) is 14.3 Å². The van der Waals surface area contributed by atoms with Crippen LogP contribution >= 0.6 is 34.8 Å². The maximum absolute atomic E-state index is 11.6. The molecule has 0 saturated carbocycles. The van der Waals surface area contributed by atoms with Gasteiger partial charge in [-0.15, -0.1) is 0 Å². The molecule has 0 saturated heterocycles. The van der Waals surface area contributed by atoms with E-state index in [-0.39, 0.29) is 10.6 Å². The normalized spacial score (nSPS) is 10.8. The first kappa shape index (κ1) is 14.2. The van der Waals surface area contributed by atoms with Gasteiger partial charge in [0.05, 0.1) is 23.5 Å². The van der Waals surface area contributed by atoms with Crippen LogP contribution in [0.5, 0.6) is 0 Å². The summed E-state index contributed by atoms with van der Waals surface area (Å²) >= 11 is 17.8. The molecule has 0 spiro atoms. The van der Waals surface area contributed by atoms with Crippen LogP contribution in [0.1, 0.15) is 5.69 Å². The Bertz CT molecular complexity index is 677. The van der Waals surface area contributed by atoms with Gasteiger partial charge in [-0.25, -0.2) is 4.68 Å². The van der Waals surface area contributed by atoms with Gasteiger partial charge in [0.1, 0.15) is 10.2 Å². The van der Waals surface area contributed by atoms with Gasteiger partial charge in [0.2, 0.25) is 0 Å². The average molecular weight is 322 g/mol. The number of halogens is 3. The third-order valence-electron chi connectivity index (χ3n) is 2.75. The van der Waals surface area contributed by atoms with Gasteiger partial charge in [0.15, 0.2) is 0 Å². The molecule has 8 heteroatoms. The quantitative estimate of drug-likeness (QED) is 0.945. The van der Waals surface area contributed by atoms with E-state index < -0.39 is 0 Å². The third-order valence-corrected chi connectivity index (χ3v) is 3.96. The van der Waals surface area contributed by atoms with Crippen molar-refractivity contribution in [3.63, 3.8) is 0 Å². The van der Waals surface area contributed by atoms with Gasteiger partial charge in [-0.05, 0) is 6.07 Å². The van der Waals surface area contributed by atoms with E-state index in [1.165, 1.54) is 17.9 Å². The molecule has 19 heavy (non-hydrogen) atoms. The molecule has 0 aliphatic heterocycles. The zero-order valence-electron chi connectivity index (χ0n) is 10.2. The second-order valence-electron chi connectivity index (χ2n) is 3.99. The Morgan fingerprint density at radius 2 is 2.00 bits per heavy atom. The molecule has 0 amide bonds. The van der Waals surface area contributed by atoms with Gasteiger partial charge in [-0.2, -0.15) is 5.10 Å². The van der Waals surface area contributed by atoms with E-state index in [0.29, 0.717) is 22.4 Å². The number of nitrogens with one attached hydrogen (secondary N) is 1. The van der Waals surface area contributed by atoms with Crippen LogP contribution in [0.2, 0.25) is 15.2 Å². The largest absolute Gasteiger partial charge is 0.377 e. The van der Waals surface area contributed by atoms with Crippen LogP contribution in [0, 0.1) is 0 Å². The lowest BCUT2D eigenvalue weighted by molar-refractivity contribution is 0.707. The fraction of sp³-hybridized carbons (Fsp3) is 0.273. The SMILES string of the molecule is Cn1c(CNc2cnn(C)c(=O)c2Cl)cc(Cl)c1Cl. The molecule has 0 radical (unpaired) electrons. The molecule has 0 aliphatic rings. The van der Waals surface area contributed by atoms with Gasteiger partial charge < -0.3 is 9.88 Å². The summed E-state index contributed by atoms with van der Waals surface area (Å²) < 4.78 is 2.92. The van der Waals surface area contributed by atoms with Crippen molar-refractivity contribution >= 4 is 40.5 Å². The van der Waals surface area contributed by atoms with Gasteiger partial charge in [0.25, 0.3) is 5.56 Å². The van der Waals surface area contributed by atoms with E-state index in [2.05, 4.69) is 10.4 Å². The average Bonchev–Trinajstić information content (AvgIpc) is 2.63. The molecule has 2 aromatic rings. The Morgan fingerprint density at radius 3 is 2.58 bits per heavy atom. The fourth-order valence-corrected chi connectivity index (χ4v) is 2.23. The van der Waals surface area contributed by atoms with E-state index in [0.717, 1.165) is 5.69 Å². The van der Waals surface area contributed by atoms with E-state index in [9.17, 15) is 4.79 Å². The lowest BCUT2D eigenvalue weighted by Crippen LogP contribution is -2.21. The fourth-order valence-electron chi connectivity index (χ4n) is 1.58. The zero-order chi connectivity index (χ0) is 14.2. The smallest absolute Gasteiger partial charge is 0.287 e. The van der Waals surface area contributed by atoms with E-state index in [1.54, 1.807) is 17.7 Å². The molecule has 5 nitrogen and oxygen atoms in total. The molecule has 2 aromatic heterocycles. The Kier molecular flexibility index (Phi) is 4.08. The predicted molar refractivity (Wildman–Crippen MR) is 77.2 cm³/mol. The summed E-state index contributed by atoms with van der Waals surface area (Å²) in [5.74, 6) is 0. The third kappa shape index (κ3) is 2.73. The van der Waals surface area contributed by atoms with Crippen LogP contribution in [0.15, 0.2) is 17.1 Å². The molecule has 2 rings (SSSR count). The summed E-state index contributed by atoms with van der Waals surface area (Å²) in [6.07, 6.45) is 1.50. The summed E-state index contributed by atoms with van der Waals surface area (Å²) in [4.78, 5) is 11.6. The van der Waals surface area contributed by atoms with Gasteiger partial charge in [-0.1, -0.05) is 34.8 Å². The van der Waals surface area contributed by atoms with Gasteiger partial charge in [-0.3, -0.25) is 4.79 Å². The van der Waals surface area contributed by atoms with E-state index in [1.807, 2.05) is 0 Å². The van der Waals surface area contributed by atoms with E-state index >= 15 is 0 Å². The predicted octanol–water partition coefficient (Wildman–Crippen LogP) is 2.69. The number of hydrogen-bond donors (Lipinski definition) is 1. The van der Waals surface area contributed by atoms with Gasteiger partial charge >= 0.3 is 0 Å². The van der Waals surface area contributed by atoms with Crippen molar-refractivity contribution in [3.8, 4) is 0 Å². The Labute approximate surface area is 124 Å². The number of nitrogens with zero attached hydrogens (tertiary/aromatic N) is 3. The first-order valence-corrected chi connectivity index (χ1v) is 6.50. The maximum Gasteiger partial charge on any atom is 0.287 e. The molecule has 0 unspecified atom stereocenters. The molecule has 102 valence electrons. The van der Waals surface area contributed by atoms with Crippen LogP contribution < -0.4 is 10.9 Å². The number of aromatic nitrogens is 3. The Morgan fingerprint density at radius 1 is 1.32 bits per heavy atom. The minimum Gasteiger partial charge on any atom is -0.377 e. The van der Waals surface area contributed by atoms with Crippen LogP contribution in [-0.4, -0.2) is 14.3 Å². The van der Waals surface area contributed by atoms with Crippen LogP contribution in [0.3, 0.4) is 0 Å². The molecule has 0 aliphatic carbocycles. The van der Waals surface area contributed by atoms with Gasteiger partial charge in [0, 0.05) is 19.8 Å². The number of hydrogen-bond acceptors (Lipinski definition) is 3. The molecule has 0 atom stereocenters. The topological polar surface area (TPSA) is 51.9 Å². The van der Waals surface area contributed by atoms with Crippen molar-refractivity contribution in [2.45, 2.75) is 6.54 Å². The van der Waals surface area contributed by atoms with Crippen molar-refractivity contribution in [2.75, 3.05) is 5.32 Å². The highest BCUT2D eigenvalue weighted by Gasteiger charge is 2.11. The lowest BCUT2D eigenvalue weighted by Gasteiger charge is -2.09. The summed E-state index contributed by atoms with van der Waals surface area (Å²) in [5, 5.41) is 7.97. The van der Waals surface area contributed by atoms with Crippen LogP contribution in [-0.2, 0) is 20.6 Å². The highest BCUT2D eigenvalue weighted by molar-refractivity contribution is 6.41. The summed E-state index contributed by atoms with van der Waals surface area (Å²) in [6, 6.07) is 1.75. The summed E-state index contributed by atoms with van der Waals surface area (Å²) in [5.41, 5.74) is 0.986. The minimum atomic E-state index is -0.352. The van der Waals surface area contributed by atoms with Crippen molar-refractivity contribution in [2.24, 2.45) is 14.1 Å². The zero-order valence-corrected chi connectivity index (χ0v) is 12.5. The molecule has 2 heterocycles. The van der Waals surface area contributed by atoms with Crippen LogP contribution in [0.4, 0.5) is 5.69 Å². The second kappa shape index (κ2) is 5.45. The second-order valence-corrected chi connectivity index (χ2v) is 5.13. The number of rotatable bonds is 3. The summed E-state index contributed by atoms with van der Waals surface area (Å²) in [6.45, 7) is 0.428. The monoisotopic (exact) mass is 320 g/mol. The highest BCUT2D eigenvalue weighted by Crippen LogP contribution is 2.26. The maximum atomic E-state index is 11.6. The number of aryl methyl sites for hydroxylation is 1. The lowest BCUT2D eigenvalue weighted by atomic mass is 10.4. The van der Waals surface area contributed by atoms with Crippen molar-refractivity contribution in [1.29, 1.82) is 0 Å². The van der Waals surface area contributed by atoms with Crippen molar-refractivity contribution in [3.05, 3.63) is 43.5 Å². The van der Waals surface area contributed by atoms with Crippen molar-refractivity contribution < 1.29 is 0 Å². The molecule has 0 bridgehead atoms. The minimum absolute atomic E-state index is 0.101. The highest BCUT2D eigenvalue weighted by atomic mass is 35.5. The molecule has 0 fully saturated rings. The molecule has 0 aromatic carbocycles.